The molecule has 0 unspecified atom stereocenters. The molecule has 1 amide bonds. The molecule has 0 saturated carbocycles. The number of anilines is 3. The molecule has 0 aliphatic heterocycles. The summed E-state index contributed by atoms with van der Waals surface area (Å²) in [5.41, 5.74) is 6.69. The van der Waals surface area contributed by atoms with E-state index in [1.807, 2.05) is 30.3 Å². The van der Waals surface area contributed by atoms with Gasteiger partial charge >= 0.3 is 5.69 Å². The molecule has 0 aliphatic carbocycles. The van der Waals surface area contributed by atoms with Gasteiger partial charge in [0.1, 0.15) is 6.33 Å². The molecule has 3 N–H and O–H groups in total. The number of rotatable bonds is 8. The Bertz CT molecular complexity index is 1380. The highest BCUT2D eigenvalue weighted by Gasteiger charge is 2.24. The third-order valence-corrected chi connectivity index (χ3v) is 5.28. The molecule has 4 rings (SSSR count). The number of hydrazine groups is 1. The van der Waals surface area contributed by atoms with Gasteiger partial charge < -0.3 is 5.32 Å². The SMILES string of the molecule is O=C(NNc1ncnc(Nc2ccc(N=Nc3ccccc3)cc2)c1[N+](=O)[O-])c1ccccc1Br. The summed E-state index contributed by atoms with van der Waals surface area (Å²) in [6.07, 6.45) is 1.14. The summed E-state index contributed by atoms with van der Waals surface area (Å²) in [6, 6.07) is 22.9. The summed E-state index contributed by atoms with van der Waals surface area (Å²) < 4.78 is 0.575. The average molecular weight is 533 g/mol. The second-order valence-electron chi connectivity index (χ2n) is 6.94. The molecule has 1 aromatic heterocycles. The smallest absolute Gasteiger partial charge is 0.334 e. The van der Waals surface area contributed by atoms with Crippen molar-refractivity contribution in [2.45, 2.75) is 0 Å². The van der Waals surface area contributed by atoms with Crippen LogP contribution < -0.4 is 16.2 Å². The van der Waals surface area contributed by atoms with Crippen LogP contribution in [0.1, 0.15) is 10.4 Å². The van der Waals surface area contributed by atoms with Gasteiger partial charge in [0.15, 0.2) is 0 Å². The van der Waals surface area contributed by atoms with Crippen molar-refractivity contribution >= 4 is 56.2 Å². The zero-order valence-electron chi connectivity index (χ0n) is 17.9. The first-order chi connectivity index (χ1) is 17.0. The molecule has 0 saturated heterocycles. The van der Waals surface area contributed by atoms with Crippen LogP contribution in [0.5, 0.6) is 0 Å². The van der Waals surface area contributed by atoms with Crippen LogP contribution in [0.3, 0.4) is 0 Å². The van der Waals surface area contributed by atoms with Crippen LogP contribution in [-0.2, 0) is 0 Å². The summed E-state index contributed by atoms with van der Waals surface area (Å²) in [5.74, 6) is -0.734. The predicted molar refractivity (Wildman–Crippen MR) is 134 cm³/mol. The van der Waals surface area contributed by atoms with Gasteiger partial charge in [-0.05, 0) is 64.5 Å². The second-order valence-corrected chi connectivity index (χ2v) is 7.80. The largest absolute Gasteiger partial charge is 0.355 e. The monoisotopic (exact) mass is 532 g/mol. The molecule has 3 aromatic carbocycles. The van der Waals surface area contributed by atoms with Gasteiger partial charge in [0.25, 0.3) is 5.91 Å². The molecule has 0 fully saturated rings. The fourth-order valence-electron chi connectivity index (χ4n) is 2.92. The van der Waals surface area contributed by atoms with Crippen molar-refractivity contribution in [3.63, 3.8) is 0 Å². The number of aromatic nitrogens is 2. The molecular weight excluding hydrogens is 516 g/mol. The van der Waals surface area contributed by atoms with Crippen molar-refractivity contribution in [1.82, 2.24) is 15.4 Å². The number of nitrogens with zero attached hydrogens (tertiary/aromatic N) is 5. The Morgan fingerprint density at radius 1 is 0.857 bits per heavy atom. The number of hydrogen-bond acceptors (Lipinski definition) is 9. The minimum Gasteiger partial charge on any atom is -0.334 e. The van der Waals surface area contributed by atoms with E-state index in [9.17, 15) is 14.9 Å². The third-order valence-electron chi connectivity index (χ3n) is 4.58. The molecule has 4 aromatic rings. The topological polar surface area (TPSA) is 147 Å². The van der Waals surface area contributed by atoms with Crippen LogP contribution in [0.15, 0.2) is 99.9 Å². The zero-order valence-corrected chi connectivity index (χ0v) is 19.5. The number of halogens is 1. The van der Waals surface area contributed by atoms with E-state index in [0.29, 0.717) is 21.4 Å². The molecule has 12 heteroatoms. The van der Waals surface area contributed by atoms with Crippen molar-refractivity contribution in [1.29, 1.82) is 0 Å². The van der Waals surface area contributed by atoms with Gasteiger partial charge in [-0.15, -0.1) is 0 Å². The lowest BCUT2D eigenvalue weighted by atomic mass is 10.2. The Balaban J connectivity index is 1.48. The minimum absolute atomic E-state index is 0.0543. The van der Waals surface area contributed by atoms with E-state index in [4.69, 9.17) is 0 Å². The Morgan fingerprint density at radius 2 is 1.49 bits per heavy atom. The molecule has 0 atom stereocenters. The number of azo groups is 1. The highest BCUT2D eigenvalue weighted by molar-refractivity contribution is 9.10. The Morgan fingerprint density at radius 3 is 2.17 bits per heavy atom. The highest BCUT2D eigenvalue weighted by Crippen LogP contribution is 2.31. The van der Waals surface area contributed by atoms with Crippen molar-refractivity contribution in [3.8, 4) is 0 Å². The fourth-order valence-corrected chi connectivity index (χ4v) is 3.39. The molecule has 0 aliphatic rings. The zero-order chi connectivity index (χ0) is 24.6. The molecule has 1 heterocycles. The van der Waals surface area contributed by atoms with Crippen LogP contribution in [0, 0.1) is 10.1 Å². The molecular formula is C23H17BrN8O3. The van der Waals surface area contributed by atoms with Gasteiger partial charge in [-0.25, -0.2) is 9.97 Å². The van der Waals surface area contributed by atoms with Crippen molar-refractivity contribution in [2.75, 3.05) is 10.7 Å². The van der Waals surface area contributed by atoms with E-state index in [-0.39, 0.29) is 11.6 Å². The van der Waals surface area contributed by atoms with Gasteiger partial charge in [-0.1, -0.05) is 30.3 Å². The number of hydrogen-bond donors (Lipinski definition) is 3. The van der Waals surface area contributed by atoms with Crippen LogP contribution >= 0.6 is 15.9 Å². The van der Waals surface area contributed by atoms with Crippen molar-refractivity contribution in [2.24, 2.45) is 10.2 Å². The van der Waals surface area contributed by atoms with Gasteiger partial charge in [-0.2, -0.15) is 10.2 Å². The number of carbonyl (C=O) groups excluding carboxylic acids is 1. The Labute approximate surface area is 207 Å². The number of nitro groups is 1. The maximum Gasteiger partial charge on any atom is 0.355 e. The summed E-state index contributed by atoms with van der Waals surface area (Å²) >= 11 is 3.29. The summed E-state index contributed by atoms with van der Waals surface area (Å²) in [6.45, 7) is 0. The number of amides is 1. The maximum atomic E-state index is 12.4. The first kappa shape index (κ1) is 23.4. The van der Waals surface area contributed by atoms with Crippen molar-refractivity contribution in [3.05, 3.63) is 105 Å². The summed E-state index contributed by atoms with van der Waals surface area (Å²) in [7, 11) is 0. The van der Waals surface area contributed by atoms with Gasteiger partial charge in [0.2, 0.25) is 11.6 Å². The van der Waals surface area contributed by atoms with E-state index < -0.39 is 16.5 Å². The quantitative estimate of drug-likeness (QED) is 0.142. The maximum absolute atomic E-state index is 12.4. The van der Waals surface area contributed by atoms with Crippen LogP contribution in [0.4, 0.5) is 34.4 Å². The van der Waals surface area contributed by atoms with Gasteiger partial charge in [0, 0.05) is 10.2 Å². The lowest BCUT2D eigenvalue weighted by molar-refractivity contribution is -0.383. The molecule has 35 heavy (non-hydrogen) atoms. The molecule has 0 spiro atoms. The average Bonchev–Trinajstić information content (AvgIpc) is 2.87. The van der Waals surface area contributed by atoms with E-state index in [2.05, 4.69) is 52.3 Å². The van der Waals surface area contributed by atoms with Crippen LogP contribution in [0.2, 0.25) is 0 Å². The summed E-state index contributed by atoms with van der Waals surface area (Å²) in [4.78, 5) is 31.4. The third kappa shape index (κ3) is 6.00. The first-order valence-electron chi connectivity index (χ1n) is 10.2. The lowest BCUT2D eigenvalue weighted by Gasteiger charge is -2.11. The standard InChI is InChI=1S/C23H17BrN8O3/c24-19-9-5-4-8-18(19)23(33)31-30-22-20(32(34)35)21(25-14-26-22)27-15-10-12-17(13-11-15)29-28-16-6-2-1-3-7-16/h1-14H,(H,31,33)(H2,25,26,27,30). The fraction of sp³-hybridized carbons (Fsp3) is 0. The number of carbonyl (C=O) groups is 1. The Hall–Kier alpha value is -4.71. The van der Waals surface area contributed by atoms with Gasteiger partial charge in [-0.3, -0.25) is 25.8 Å². The number of nitrogens with one attached hydrogen (secondary N) is 3. The van der Waals surface area contributed by atoms with Crippen molar-refractivity contribution < 1.29 is 9.72 Å². The Kier molecular flexibility index (Phi) is 7.33. The van der Waals surface area contributed by atoms with Crippen LogP contribution in [-0.4, -0.2) is 20.8 Å². The predicted octanol–water partition coefficient (Wildman–Crippen LogP) is 6.06. The molecule has 0 bridgehead atoms. The molecule has 11 nitrogen and oxygen atoms in total. The lowest BCUT2D eigenvalue weighted by Crippen LogP contribution is -2.30. The summed E-state index contributed by atoms with van der Waals surface area (Å²) in [5, 5.41) is 23.0. The molecule has 174 valence electrons. The van der Waals surface area contributed by atoms with E-state index in [0.717, 1.165) is 12.0 Å². The normalized spacial score (nSPS) is 10.7. The second kappa shape index (κ2) is 10.9. The van der Waals surface area contributed by atoms with E-state index in [1.54, 1.807) is 48.5 Å². The molecule has 0 radical (unpaired) electrons. The first-order valence-corrected chi connectivity index (χ1v) is 10.9. The van der Waals surface area contributed by atoms with E-state index in [1.165, 1.54) is 0 Å². The minimum atomic E-state index is -0.641. The van der Waals surface area contributed by atoms with E-state index >= 15 is 0 Å². The highest BCUT2D eigenvalue weighted by atomic mass is 79.9. The van der Waals surface area contributed by atoms with Gasteiger partial charge in [0.05, 0.1) is 21.9 Å². The van der Waals surface area contributed by atoms with Crippen LogP contribution in [0.25, 0.3) is 0 Å². The number of benzene rings is 3.